The van der Waals surface area contributed by atoms with E-state index in [0.29, 0.717) is 12.3 Å². The normalized spacial score (nSPS) is 28.6. The van der Waals surface area contributed by atoms with Crippen molar-refractivity contribution < 1.29 is 24.5 Å². The van der Waals surface area contributed by atoms with E-state index in [2.05, 4.69) is 9.97 Å². The van der Waals surface area contributed by atoms with Crippen LogP contribution in [0.4, 0.5) is 4.79 Å². The number of aliphatic hydroxyl groups is 1. The number of nitrogens with zero attached hydrogens (tertiary/aromatic N) is 3. The van der Waals surface area contributed by atoms with Crippen molar-refractivity contribution in [2.45, 2.75) is 88.1 Å². The van der Waals surface area contributed by atoms with Gasteiger partial charge in [-0.2, -0.15) is 0 Å². The van der Waals surface area contributed by atoms with Crippen molar-refractivity contribution in [1.29, 1.82) is 0 Å². The van der Waals surface area contributed by atoms with Crippen molar-refractivity contribution in [2.24, 2.45) is 0 Å². The van der Waals surface area contributed by atoms with Crippen molar-refractivity contribution >= 4 is 27.6 Å². The number of hydrogen-bond donors (Lipinski definition) is 2. The van der Waals surface area contributed by atoms with E-state index in [0.717, 1.165) is 68.2 Å². The van der Waals surface area contributed by atoms with Gasteiger partial charge in [-0.3, -0.25) is 0 Å². The number of carboxylic acid groups (broad SMARTS) is 1. The molecule has 9 heteroatoms. The van der Waals surface area contributed by atoms with Gasteiger partial charge in [-0.15, -0.1) is 11.3 Å². The van der Waals surface area contributed by atoms with Gasteiger partial charge in [0.2, 0.25) is 5.88 Å². The van der Waals surface area contributed by atoms with E-state index in [9.17, 15) is 15.0 Å². The number of aryl methyl sites for hydroxylation is 1. The predicted octanol–water partition coefficient (Wildman–Crippen LogP) is 3.95. The summed E-state index contributed by atoms with van der Waals surface area (Å²) in [6.07, 6.45) is 8.12. The molecule has 0 spiro atoms. The van der Waals surface area contributed by atoms with Crippen molar-refractivity contribution in [3.8, 4) is 5.88 Å². The molecule has 0 aromatic carbocycles. The van der Waals surface area contributed by atoms with Crippen molar-refractivity contribution in [2.75, 3.05) is 13.7 Å². The maximum atomic E-state index is 11.2. The lowest BCUT2D eigenvalue weighted by atomic mass is 9.91. The van der Waals surface area contributed by atoms with Gasteiger partial charge in [0.15, 0.2) is 0 Å². The third-order valence-corrected chi connectivity index (χ3v) is 8.56. The van der Waals surface area contributed by atoms with Crippen LogP contribution >= 0.6 is 11.3 Å². The minimum Gasteiger partial charge on any atom is -0.474 e. The van der Waals surface area contributed by atoms with Crippen LogP contribution in [0, 0.1) is 0 Å². The smallest absolute Gasteiger partial charge is 0.407 e. The number of aliphatic hydroxyl groups excluding tert-OH is 1. The number of hydrogen-bond acceptors (Lipinski definition) is 7. The zero-order valence-electron chi connectivity index (χ0n) is 18.4. The van der Waals surface area contributed by atoms with Crippen LogP contribution in [0.5, 0.6) is 5.88 Å². The van der Waals surface area contributed by atoms with Crippen LogP contribution < -0.4 is 4.74 Å². The largest absolute Gasteiger partial charge is 0.474 e. The molecule has 0 unspecified atom stereocenters. The summed E-state index contributed by atoms with van der Waals surface area (Å²) in [6.45, 7) is 0.745. The van der Waals surface area contributed by atoms with Gasteiger partial charge in [0.1, 0.15) is 17.3 Å². The maximum absolute atomic E-state index is 11.2. The lowest BCUT2D eigenvalue weighted by molar-refractivity contribution is -0.00850. The number of ether oxygens (including phenoxy) is 2. The first-order valence-electron chi connectivity index (χ1n) is 11.7. The zero-order valence-corrected chi connectivity index (χ0v) is 19.2. The molecule has 1 aliphatic heterocycles. The molecule has 3 atom stereocenters. The molecule has 174 valence electrons. The Balaban J connectivity index is 1.32. The van der Waals surface area contributed by atoms with E-state index in [-0.39, 0.29) is 24.2 Å². The summed E-state index contributed by atoms with van der Waals surface area (Å²) in [6, 6.07) is 0.0480. The molecule has 2 N–H and O–H groups in total. The lowest BCUT2D eigenvalue weighted by Gasteiger charge is -2.33. The van der Waals surface area contributed by atoms with Gasteiger partial charge in [-0.05, 0) is 69.3 Å². The fourth-order valence-corrected chi connectivity index (χ4v) is 6.81. The van der Waals surface area contributed by atoms with Crippen molar-refractivity contribution in [3.05, 3.63) is 16.8 Å². The molecule has 1 saturated heterocycles. The van der Waals surface area contributed by atoms with Crippen LogP contribution in [0.15, 0.2) is 6.33 Å². The molecule has 2 fully saturated rings. The summed E-state index contributed by atoms with van der Waals surface area (Å²) in [4.78, 5) is 24.0. The van der Waals surface area contributed by atoms with E-state index in [1.165, 1.54) is 15.3 Å². The molecule has 0 bridgehead atoms. The first kappa shape index (κ1) is 21.9. The second kappa shape index (κ2) is 9.11. The summed E-state index contributed by atoms with van der Waals surface area (Å²) >= 11 is 1.72. The monoisotopic (exact) mass is 461 g/mol. The number of fused-ring (bicyclic) bond motifs is 3. The summed E-state index contributed by atoms with van der Waals surface area (Å²) < 4.78 is 12.1. The van der Waals surface area contributed by atoms with E-state index in [1.54, 1.807) is 24.7 Å². The Hall–Kier alpha value is -1.97. The SMILES string of the molecule is CN(C(=O)O)C1CCC(Oc2ncnc3sc4c(c23)[C@@H](C[C@H](O)[C@@H]2CCCO2)CC4)CC1. The van der Waals surface area contributed by atoms with Crippen LogP contribution in [-0.2, 0) is 11.2 Å². The molecule has 8 nitrogen and oxygen atoms in total. The van der Waals surface area contributed by atoms with Gasteiger partial charge in [0.05, 0.1) is 17.6 Å². The predicted molar refractivity (Wildman–Crippen MR) is 121 cm³/mol. The number of carbonyl (C=O) groups is 1. The standard InChI is InChI=1S/C23H31N3O5S/c1-26(23(28)29)14-5-7-15(8-6-14)31-21-20-19-13(11-16(27)17-3-2-10-30-17)4-9-18(19)32-22(20)25-12-24-21/h12-17,27H,2-11H2,1H3,(H,28,29)/t13-,14?,15?,16+,17+/m1/s1. The maximum Gasteiger partial charge on any atom is 0.407 e. The van der Waals surface area contributed by atoms with Crippen LogP contribution in [-0.4, -0.2) is 69.2 Å². The quantitative estimate of drug-likeness (QED) is 0.671. The van der Waals surface area contributed by atoms with Gasteiger partial charge in [0.25, 0.3) is 0 Å². The Morgan fingerprint density at radius 1 is 1.28 bits per heavy atom. The summed E-state index contributed by atoms with van der Waals surface area (Å²) in [7, 11) is 1.64. The highest BCUT2D eigenvalue weighted by molar-refractivity contribution is 7.19. The highest BCUT2D eigenvalue weighted by Gasteiger charge is 2.35. The van der Waals surface area contributed by atoms with Crippen LogP contribution in [0.2, 0.25) is 0 Å². The number of aromatic nitrogens is 2. The fraction of sp³-hybridized carbons (Fsp3) is 0.696. The Bertz CT molecular complexity index is 968. The minimum atomic E-state index is -0.878. The van der Waals surface area contributed by atoms with E-state index < -0.39 is 12.2 Å². The van der Waals surface area contributed by atoms with E-state index >= 15 is 0 Å². The second-order valence-corrected chi connectivity index (χ2v) is 10.4. The van der Waals surface area contributed by atoms with E-state index in [1.807, 2.05) is 0 Å². The number of rotatable bonds is 6. The topological polar surface area (TPSA) is 105 Å². The Labute approximate surface area is 191 Å². The van der Waals surface area contributed by atoms with Crippen LogP contribution in [0.25, 0.3) is 10.2 Å². The van der Waals surface area contributed by atoms with Gasteiger partial charge in [0, 0.05) is 24.6 Å². The lowest BCUT2D eigenvalue weighted by Crippen LogP contribution is -2.40. The average Bonchev–Trinajstić information content (AvgIpc) is 3.52. The van der Waals surface area contributed by atoms with Gasteiger partial charge in [-0.25, -0.2) is 14.8 Å². The summed E-state index contributed by atoms with van der Waals surface area (Å²) in [5.41, 5.74) is 1.26. The van der Waals surface area contributed by atoms with Crippen LogP contribution in [0.3, 0.4) is 0 Å². The molecule has 1 amide bonds. The van der Waals surface area contributed by atoms with Crippen molar-refractivity contribution in [1.82, 2.24) is 14.9 Å². The minimum absolute atomic E-state index is 0.0272. The van der Waals surface area contributed by atoms with Gasteiger partial charge < -0.3 is 24.6 Å². The molecule has 0 radical (unpaired) electrons. The third kappa shape index (κ3) is 4.18. The molecule has 3 aliphatic rings. The van der Waals surface area contributed by atoms with Gasteiger partial charge in [-0.1, -0.05) is 0 Å². The molecule has 3 heterocycles. The molecule has 5 rings (SSSR count). The van der Waals surface area contributed by atoms with Crippen molar-refractivity contribution in [3.63, 3.8) is 0 Å². The molecule has 1 saturated carbocycles. The first-order valence-corrected chi connectivity index (χ1v) is 12.5. The van der Waals surface area contributed by atoms with Gasteiger partial charge >= 0.3 is 6.09 Å². The highest BCUT2D eigenvalue weighted by Crippen LogP contribution is 2.48. The summed E-state index contributed by atoms with van der Waals surface area (Å²) in [5, 5.41) is 21.0. The summed E-state index contributed by atoms with van der Waals surface area (Å²) in [5.74, 6) is 0.910. The highest BCUT2D eigenvalue weighted by atomic mass is 32.1. The molecule has 2 aromatic heterocycles. The Morgan fingerprint density at radius 3 is 2.81 bits per heavy atom. The van der Waals surface area contributed by atoms with E-state index in [4.69, 9.17) is 9.47 Å². The van der Waals surface area contributed by atoms with Crippen LogP contribution in [0.1, 0.15) is 67.7 Å². The Morgan fingerprint density at radius 2 is 2.09 bits per heavy atom. The molecular weight excluding hydrogens is 430 g/mol. The number of amides is 1. The Kier molecular flexibility index (Phi) is 6.22. The molecular formula is C23H31N3O5S. The molecule has 2 aliphatic carbocycles. The average molecular weight is 462 g/mol. The first-order chi connectivity index (χ1) is 15.5. The molecule has 32 heavy (non-hydrogen) atoms. The second-order valence-electron chi connectivity index (χ2n) is 9.33. The third-order valence-electron chi connectivity index (χ3n) is 7.39. The molecule has 2 aromatic rings. The number of thiophene rings is 1. The zero-order chi connectivity index (χ0) is 22.2. The fourth-order valence-electron chi connectivity index (χ4n) is 5.58.